The van der Waals surface area contributed by atoms with Crippen LogP contribution in [0.1, 0.15) is 17.7 Å². The molecule has 0 aliphatic rings. The summed E-state index contributed by atoms with van der Waals surface area (Å²) < 4.78 is 0. The Morgan fingerprint density at radius 3 is 2.70 bits per heavy atom. The highest BCUT2D eigenvalue weighted by atomic mass is 35.5. The Hall–Kier alpha value is -2.41. The lowest BCUT2D eigenvalue weighted by molar-refractivity contribution is -0.121. The van der Waals surface area contributed by atoms with E-state index in [-0.39, 0.29) is 35.0 Å². The number of nitrogens with zero attached hydrogens (tertiary/aromatic N) is 2. The molecule has 3 aromatic rings. The number of hydrazone groups is 1. The molecule has 2 aromatic carbocycles. The van der Waals surface area contributed by atoms with Gasteiger partial charge in [-0.05, 0) is 24.3 Å². The van der Waals surface area contributed by atoms with Crippen LogP contribution in [0.25, 0.3) is 11.0 Å². The van der Waals surface area contributed by atoms with Crippen molar-refractivity contribution in [3.8, 4) is 0 Å². The molecule has 0 saturated heterocycles. The van der Waals surface area contributed by atoms with Gasteiger partial charge < -0.3 is 4.98 Å². The van der Waals surface area contributed by atoms with E-state index in [4.69, 9.17) is 34.8 Å². The number of para-hydroxylation sites is 2. The number of rotatable bonds is 5. The summed E-state index contributed by atoms with van der Waals surface area (Å²) in [5, 5.41) is 4.76. The topological polar surface area (TPSA) is 87.2 Å². The van der Waals surface area contributed by atoms with E-state index >= 15 is 0 Å². The second-order valence-electron chi connectivity index (χ2n) is 5.58. The fourth-order valence-electron chi connectivity index (χ4n) is 2.35. The summed E-state index contributed by atoms with van der Waals surface area (Å²) in [6, 6.07) is 10.3. The second kappa shape index (κ2) is 8.52. The minimum Gasteiger partial charge on any atom is -0.319 e. The molecule has 3 rings (SSSR count). The monoisotopic (exact) mass is 422 g/mol. The predicted octanol–water partition coefficient (Wildman–Crippen LogP) is 3.97. The van der Waals surface area contributed by atoms with E-state index in [1.807, 2.05) is 12.1 Å². The van der Waals surface area contributed by atoms with E-state index in [2.05, 4.69) is 20.5 Å². The van der Waals surface area contributed by atoms with Crippen molar-refractivity contribution in [1.29, 1.82) is 0 Å². The molecule has 0 spiro atoms. The first-order valence-corrected chi connectivity index (χ1v) is 9.02. The van der Waals surface area contributed by atoms with Crippen LogP contribution in [0.2, 0.25) is 15.1 Å². The van der Waals surface area contributed by atoms with Crippen LogP contribution in [0, 0.1) is 0 Å². The minimum atomic E-state index is -0.380. The Morgan fingerprint density at radius 2 is 1.89 bits per heavy atom. The van der Waals surface area contributed by atoms with Crippen molar-refractivity contribution in [2.24, 2.45) is 5.10 Å². The zero-order chi connectivity index (χ0) is 19.4. The van der Waals surface area contributed by atoms with Gasteiger partial charge >= 0.3 is 0 Å². The molecule has 0 radical (unpaired) electrons. The Bertz CT molecular complexity index is 1100. The van der Waals surface area contributed by atoms with Crippen molar-refractivity contribution in [3.63, 3.8) is 0 Å². The van der Waals surface area contributed by atoms with Gasteiger partial charge in [0.2, 0.25) is 5.91 Å². The number of aromatic amines is 1. The third kappa shape index (κ3) is 4.66. The number of benzene rings is 2. The van der Waals surface area contributed by atoms with Crippen LogP contribution >= 0.6 is 34.8 Å². The number of carbonyl (C=O) groups excluding carboxylic acids is 1. The summed E-state index contributed by atoms with van der Waals surface area (Å²) in [6.07, 6.45) is 1.54. The minimum absolute atomic E-state index is 0.0444. The number of carbonyl (C=O) groups is 1. The summed E-state index contributed by atoms with van der Waals surface area (Å²) in [5.74, 6) is -0.380. The van der Waals surface area contributed by atoms with Gasteiger partial charge in [0, 0.05) is 18.4 Å². The molecule has 9 heteroatoms. The number of hydrogen-bond acceptors (Lipinski definition) is 4. The molecule has 138 valence electrons. The SMILES string of the molecule is O=C(CCc1nc2ccccc2[nH]c1=O)N/N=C/c1c(Cl)ccc(Cl)c1Cl. The molecule has 0 aliphatic heterocycles. The highest BCUT2D eigenvalue weighted by Crippen LogP contribution is 2.29. The molecule has 27 heavy (non-hydrogen) atoms. The van der Waals surface area contributed by atoms with Crippen molar-refractivity contribution in [1.82, 2.24) is 15.4 Å². The molecule has 0 atom stereocenters. The number of halogens is 3. The van der Waals surface area contributed by atoms with Crippen LogP contribution < -0.4 is 11.0 Å². The molecule has 0 bridgehead atoms. The summed E-state index contributed by atoms with van der Waals surface area (Å²) >= 11 is 18.0. The van der Waals surface area contributed by atoms with Crippen LogP contribution in [0.3, 0.4) is 0 Å². The fourth-order valence-corrected chi connectivity index (χ4v) is 2.99. The lowest BCUT2D eigenvalue weighted by Crippen LogP contribution is -2.21. The average molecular weight is 424 g/mol. The molecule has 0 saturated carbocycles. The van der Waals surface area contributed by atoms with Gasteiger partial charge in [0.15, 0.2) is 0 Å². The van der Waals surface area contributed by atoms with Crippen molar-refractivity contribution in [2.45, 2.75) is 12.8 Å². The highest BCUT2D eigenvalue weighted by molar-refractivity contribution is 6.45. The maximum absolute atomic E-state index is 12.0. The molecule has 1 heterocycles. The van der Waals surface area contributed by atoms with Gasteiger partial charge in [0.25, 0.3) is 5.56 Å². The molecule has 6 nitrogen and oxygen atoms in total. The van der Waals surface area contributed by atoms with Crippen LogP contribution in [0.15, 0.2) is 46.3 Å². The van der Waals surface area contributed by atoms with E-state index in [1.165, 1.54) is 6.21 Å². The van der Waals surface area contributed by atoms with Gasteiger partial charge in [0.05, 0.1) is 32.3 Å². The lowest BCUT2D eigenvalue weighted by Gasteiger charge is -2.04. The molecule has 0 unspecified atom stereocenters. The molecular weight excluding hydrogens is 411 g/mol. The second-order valence-corrected chi connectivity index (χ2v) is 6.77. The average Bonchev–Trinajstić information content (AvgIpc) is 2.66. The highest BCUT2D eigenvalue weighted by Gasteiger charge is 2.09. The summed E-state index contributed by atoms with van der Waals surface area (Å²) in [5.41, 5.74) is 4.04. The molecule has 2 N–H and O–H groups in total. The Balaban J connectivity index is 1.63. The van der Waals surface area contributed by atoms with Gasteiger partial charge in [-0.1, -0.05) is 46.9 Å². The lowest BCUT2D eigenvalue weighted by atomic mass is 10.2. The largest absolute Gasteiger partial charge is 0.319 e. The number of H-pyrrole nitrogens is 1. The maximum atomic E-state index is 12.0. The van der Waals surface area contributed by atoms with Crippen LogP contribution in [0.5, 0.6) is 0 Å². The van der Waals surface area contributed by atoms with Gasteiger partial charge in [-0.2, -0.15) is 5.10 Å². The van der Waals surface area contributed by atoms with Crippen LogP contribution in [-0.2, 0) is 11.2 Å². The summed E-state index contributed by atoms with van der Waals surface area (Å²) in [7, 11) is 0. The molecule has 0 aliphatic carbocycles. The zero-order valence-corrected chi connectivity index (χ0v) is 16.1. The van der Waals surface area contributed by atoms with E-state index in [9.17, 15) is 9.59 Å². The number of aryl methyl sites for hydroxylation is 1. The first kappa shape index (κ1) is 19.4. The van der Waals surface area contributed by atoms with E-state index in [0.29, 0.717) is 26.6 Å². The van der Waals surface area contributed by atoms with Gasteiger partial charge in [-0.15, -0.1) is 0 Å². The quantitative estimate of drug-likeness (QED) is 0.370. The van der Waals surface area contributed by atoms with E-state index in [0.717, 1.165) is 0 Å². The number of aromatic nitrogens is 2. The number of nitrogens with one attached hydrogen (secondary N) is 2. The molecule has 1 aromatic heterocycles. The van der Waals surface area contributed by atoms with E-state index < -0.39 is 0 Å². The van der Waals surface area contributed by atoms with Crippen LogP contribution in [-0.4, -0.2) is 22.1 Å². The molecule has 1 amide bonds. The number of hydrogen-bond donors (Lipinski definition) is 2. The Labute approximate surface area is 169 Å². The maximum Gasteiger partial charge on any atom is 0.270 e. The molecule has 0 fully saturated rings. The third-order valence-corrected chi connectivity index (χ3v) is 4.87. The van der Waals surface area contributed by atoms with Crippen LogP contribution in [0.4, 0.5) is 0 Å². The first-order chi connectivity index (χ1) is 13.0. The predicted molar refractivity (Wildman–Crippen MR) is 108 cm³/mol. The Morgan fingerprint density at radius 1 is 1.15 bits per heavy atom. The zero-order valence-electron chi connectivity index (χ0n) is 13.8. The fraction of sp³-hybridized carbons (Fsp3) is 0.111. The van der Waals surface area contributed by atoms with Gasteiger partial charge in [-0.3, -0.25) is 9.59 Å². The summed E-state index contributed by atoms with van der Waals surface area (Å²) in [4.78, 5) is 31.0. The smallest absolute Gasteiger partial charge is 0.270 e. The first-order valence-electron chi connectivity index (χ1n) is 7.89. The standard InChI is InChI=1S/C18H13Cl3N4O2/c19-11-5-6-12(20)17(21)10(11)9-22-25-16(26)8-7-15-18(27)24-14-4-2-1-3-13(14)23-15/h1-6,9H,7-8H2,(H,24,27)(H,25,26)/b22-9+. The number of amides is 1. The van der Waals surface area contributed by atoms with E-state index in [1.54, 1.807) is 24.3 Å². The van der Waals surface area contributed by atoms with Crippen molar-refractivity contribution < 1.29 is 4.79 Å². The Kier molecular flexibility index (Phi) is 6.11. The van der Waals surface area contributed by atoms with Gasteiger partial charge in [0.1, 0.15) is 5.69 Å². The number of fused-ring (bicyclic) bond motifs is 1. The van der Waals surface area contributed by atoms with Crippen molar-refractivity contribution in [3.05, 3.63) is 73.1 Å². The normalized spacial score (nSPS) is 11.2. The van der Waals surface area contributed by atoms with Crippen molar-refractivity contribution >= 4 is 58.0 Å². The molecular formula is C18H13Cl3N4O2. The third-order valence-electron chi connectivity index (χ3n) is 3.72. The summed E-state index contributed by atoms with van der Waals surface area (Å²) in [6.45, 7) is 0. The van der Waals surface area contributed by atoms with Gasteiger partial charge in [-0.25, -0.2) is 10.4 Å². The van der Waals surface area contributed by atoms with Crippen molar-refractivity contribution in [2.75, 3.05) is 0 Å².